The van der Waals surface area contributed by atoms with Crippen LogP contribution >= 0.6 is 0 Å². The smallest absolute Gasteiger partial charge is 0.435 e. The Balaban J connectivity index is 2.20. The van der Waals surface area contributed by atoms with Crippen LogP contribution in [-0.2, 0) is 25.7 Å². The third-order valence-electron chi connectivity index (χ3n) is 4.75. The third kappa shape index (κ3) is 4.57. The first-order chi connectivity index (χ1) is 14.3. The van der Waals surface area contributed by atoms with Gasteiger partial charge < -0.3 is 14.0 Å². The summed E-state index contributed by atoms with van der Waals surface area (Å²) in [6.07, 6.45) is 0.839. The normalized spacial score (nSPS) is 11.3. The molecule has 0 bridgehead atoms. The first kappa shape index (κ1) is 21.6. The highest BCUT2D eigenvalue weighted by Gasteiger charge is 2.28. The molecule has 0 aliphatic carbocycles. The predicted molar refractivity (Wildman–Crippen MR) is 116 cm³/mol. The van der Waals surface area contributed by atoms with Gasteiger partial charge in [-0.1, -0.05) is 48.5 Å². The van der Waals surface area contributed by atoms with E-state index in [4.69, 9.17) is 9.47 Å². The lowest BCUT2D eigenvalue weighted by atomic mass is 10.0. The second-order valence-corrected chi connectivity index (χ2v) is 8.77. The quantitative estimate of drug-likeness (QED) is 0.516. The molecule has 0 saturated heterocycles. The average Bonchev–Trinajstić information content (AvgIpc) is 3.02. The molecular weight excluding hydrogens is 402 g/mol. The average molecular weight is 428 g/mol. The van der Waals surface area contributed by atoms with Crippen molar-refractivity contribution in [3.63, 3.8) is 0 Å². The van der Waals surface area contributed by atoms with E-state index in [0.717, 1.165) is 22.5 Å². The standard InChI is InChI=1S/C23H25NO5S/c1-4-28-23(25)29-16-15-20-17(2)24(19-13-9-6-10-14-19)22(30(3,26)27)21(20)18-11-7-5-8-12-18/h5-14H,4,15-16H2,1-3H3. The second kappa shape index (κ2) is 9.17. The van der Waals surface area contributed by atoms with Gasteiger partial charge in [0.1, 0.15) is 5.03 Å². The van der Waals surface area contributed by atoms with Crippen molar-refractivity contribution in [3.8, 4) is 16.8 Å². The van der Waals surface area contributed by atoms with Gasteiger partial charge in [-0.3, -0.25) is 0 Å². The van der Waals surface area contributed by atoms with Gasteiger partial charge in [0.15, 0.2) is 9.84 Å². The lowest BCUT2D eigenvalue weighted by molar-refractivity contribution is 0.0599. The number of hydrogen-bond acceptors (Lipinski definition) is 5. The fourth-order valence-electron chi connectivity index (χ4n) is 3.55. The summed E-state index contributed by atoms with van der Waals surface area (Å²) < 4.78 is 37.6. The summed E-state index contributed by atoms with van der Waals surface area (Å²) in [6.45, 7) is 3.91. The van der Waals surface area contributed by atoms with E-state index in [1.807, 2.05) is 67.6 Å². The Morgan fingerprint density at radius 3 is 2.13 bits per heavy atom. The van der Waals surface area contributed by atoms with Crippen LogP contribution in [0.3, 0.4) is 0 Å². The van der Waals surface area contributed by atoms with Crippen LogP contribution in [-0.4, -0.2) is 38.6 Å². The molecule has 0 N–H and O–H groups in total. The van der Waals surface area contributed by atoms with Gasteiger partial charge in [0, 0.05) is 29.6 Å². The molecule has 1 aromatic heterocycles. The summed E-state index contributed by atoms with van der Waals surface area (Å²) in [5.74, 6) is 0. The lowest BCUT2D eigenvalue weighted by Gasteiger charge is -2.11. The van der Waals surface area contributed by atoms with Gasteiger partial charge in [0.25, 0.3) is 0 Å². The molecule has 0 radical (unpaired) electrons. The molecule has 3 aromatic rings. The van der Waals surface area contributed by atoms with Crippen LogP contribution in [0.2, 0.25) is 0 Å². The molecule has 30 heavy (non-hydrogen) atoms. The van der Waals surface area contributed by atoms with E-state index in [9.17, 15) is 13.2 Å². The Morgan fingerprint density at radius 2 is 1.57 bits per heavy atom. The maximum atomic E-state index is 12.9. The minimum atomic E-state index is -3.58. The van der Waals surface area contributed by atoms with Crippen LogP contribution in [0.5, 0.6) is 0 Å². The molecule has 0 amide bonds. The molecule has 0 fully saturated rings. The summed E-state index contributed by atoms with van der Waals surface area (Å²) in [4.78, 5) is 11.6. The Bertz CT molecular complexity index is 1120. The zero-order valence-electron chi connectivity index (χ0n) is 17.3. The fraction of sp³-hybridized carbons (Fsp3) is 0.261. The maximum Gasteiger partial charge on any atom is 0.508 e. The van der Waals surface area contributed by atoms with Crippen molar-refractivity contribution in [3.05, 3.63) is 71.9 Å². The Hall–Kier alpha value is -3.06. The Labute approximate surface area is 177 Å². The number of rotatable bonds is 7. The molecule has 6 nitrogen and oxygen atoms in total. The first-order valence-electron chi connectivity index (χ1n) is 9.69. The molecule has 1 heterocycles. The number of ether oxygens (including phenoxy) is 2. The van der Waals surface area contributed by atoms with Gasteiger partial charge in [-0.05, 0) is 37.1 Å². The number of carbonyl (C=O) groups is 1. The van der Waals surface area contributed by atoms with Gasteiger partial charge in [0.2, 0.25) is 0 Å². The van der Waals surface area contributed by atoms with E-state index in [0.29, 0.717) is 12.0 Å². The van der Waals surface area contributed by atoms with E-state index in [2.05, 4.69) is 0 Å². The monoisotopic (exact) mass is 427 g/mol. The second-order valence-electron chi connectivity index (χ2n) is 6.83. The van der Waals surface area contributed by atoms with Crippen molar-refractivity contribution >= 4 is 16.0 Å². The topological polar surface area (TPSA) is 74.6 Å². The fourth-order valence-corrected chi connectivity index (χ4v) is 4.74. The largest absolute Gasteiger partial charge is 0.508 e. The third-order valence-corrected chi connectivity index (χ3v) is 5.84. The van der Waals surface area contributed by atoms with E-state index in [-0.39, 0.29) is 18.2 Å². The number of nitrogens with zero attached hydrogens (tertiary/aromatic N) is 1. The summed E-state index contributed by atoms with van der Waals surface area (Å²) in [6, 6.07) is 18.8. The highest BCUT2D eigenvalue weighted by Crippen LogP contribution is 2.38. The van der Waals surface area contributed by atoms with Gasteiger partial charge in [-0.2, -0.15) is 0 Å². The van der Waals surface area contributed by atoms with Crippen molar-refractivity contribution in [2.24, 2.45) is 0 Å². The van der Waals surface area contributed by atoms with Crippen LogP contribution in [0.4, 0.5) is 4.79 Å². The first-order valence-corrected chi connectivity index (χ1v) is 11.6. The molecule has 0 unspecified atom stereocenters. The van der Waals surface area contributed by atoms with Gasteiger partial charge in [0.05, 0.1) is 13.2 Å². The summed E-state index contributed by atoms with van der Waals surface area (Å²) in [7, 11) is -3.58. The molecule has 0 aliphatic rings. The molecule has 2 aromatic carbocycles. The number of aromatic nitrogens is 1. The van der Waals surface area contributed by atoms with Crippen LogP contribution in [0, 0.1) is 6.92 Å². The van der Waals surface area contributed by atoms with Crippen molar-refractivity contribution < 1.29 is 22.7 Å². The molecule has 3 rings (SSSR count). The highest BCUT2D eigenvalue weighted by atomic mass is 32.2. The number of hydrogen-bond donors (Lipinski definition) is 0. The van der Waals surface area contributed by atoms with Crippen LogP contribution in [0.1, 0.15) is 18.2 Å². The summed E-state index contributed by atoms with van der Waals surface area (Å²) in [5, 5.41) is 0.225. The van der Waals surface area contributed by atoms with Crippen LogP contribution in [0.25, 0.3) is 16.8 Å². The number of sulfone groups is 1. The van der Waals surface area contributed by atoms with Gasteiger partial charge >= 0.3 is 6.16 Å². The van der Waals surface area contributed by atoms with Crippen molar-refractivity contribution in [2.75, 3.05) is 19.5 Å². The van der Waals surface area contributed by atoms with Crippen molar-refractivity contribution in [1.29, 1.82) is 0 Å². The number of carbonyl (C=O) groups excluding carboxylic acids is 1. The van der Waals surface area contributed by atoms with E-state index in [1.165, 1.54) is 6.26 Å². The zero-order chi connectivity index (χ0) is 21.7. The van der Waals surface area contributed by atoms with Crippen LogP contribution in [0.15, 0.2) is 65.7 Å². The zero-order valence-corrected chi connectivity index (χ0v) is 18.1. The highest BCUT2D eigenvalue weighted by molar-refractivity contribution is 7.90. The maximum absolute atomic E-state index is 12.9. The van der Waals surface area contributed by atoms with Gasteiger partial charge in [-0.25, -0.2) is 13.2 Å². The lowest BCUT2D eigenvalue weighted by Crippen LogP contribution is -2.10. The van der Waals surface area contributed by atoms with Gasteiger partial charge in [-0.15, -0.1) is 0 Å². The molecule has 0 spiro atoms. The minimum absolute atomic E-state index is 0.0848. The number of para-hydroxylation sites is 1. The number of benzene rings is 2. The van der Waals surface area contributed by atoms with E-state index >= 15 is 0 Å². The molecule has 0 atom stereocenters. The minimum Gasteiger partial charge on any atom is -0.435 e. The molecule has 0 saturated carbocycles. The molecular formula is C23H25NO5S. The summed E-state index contributed by atoms with van der Waals surface area (Å²) >= 11 is 0. The molecule has 158 valence electrons. The van der Waals surface area contributed by atoms with Crippen molar-refractivity contribution in [2.45, 2.75) is 25.3 Å². The molecule has 0 aliphatic heterocycles. The Morgan fingerprint density at radius 1 is 0.967 bits per heavy atom. The van der Waals surface area contributed by atoms with Crippen molar-refractivity contribution in [1.82, 2.24) is 4.57 Å². The molecule has 7 heteroatoms. The van der Waals surface area contributed by atoms with E-state index in [1.54, 1.807) is 11.5 Å². The van der Waals surface area contributed by atoms with Crippen LogP contribution < -0.4 is 0 Å². The predicted octanol–water partition coefficient (Wildman–Crippen LogP) is 4.57. The van der Waals surface area contributed by atoms with E-state index < -0.39 is 16.0 Å². The summed E-state index contributed by atoms with van der Waals surface area (Å²) in [5.41, 5.74) is 3.78. The Kier molecular flexibility index (Phi) is 6.62. The SMILES string of the molecule is CCOC(=O)OCCc1c(-c2ccccc2)c(S(C)(=O)=O)n(-c2ccccc2)c1C.